The van der Waals surface area contributed by atoms with E-state index in [1.807, 2.05) is 10.6 Å². The van der Waals surface area contributed by atoms with Crippen molar-refractivity contribution in [1.82, 2.24) is 23.8 Å². The van der Waals surface area contributed by atoms with E-state index in [1.54, 1.807) is 34.9 Å². The number of fused-ring (bicyclic) bond motifs is 1. The van der Waals surface area contributed by atoms with Crippen molar-refractivity contribution in [3.8, 4) is 0 Å². The predicted octanol–water partition coefficient (Wildman–Crippen LogP) is 1.26. The second-order valence-corrected chi connectivity index (χ2v) is 7.94. The van der Waals surface area contributed by atoms with Gasteiger partial charge in [0.1, 0.15) is 11.8 Å². The van der Waals surface area contributed by atoms with Crippen molar-refractivity contribution in [2.24, 2.45) is 0 Å². The molecule has 0 bridgehead atoms. The number of benzene rings is 1. The third-order valence-corrected chi connectivity index (χ3v) is 6.48. The molecule has 2 aromatic heterocycles. The van der Waals surface area contributed by atoms with Crippen molar-refractivity contribution in [2.75, 3.05) is 12.3 Å². The largest absolute Gasteiger partial charge is 0.382 e. The van der Waals surface area contributed by atoms with Gasteiger partial charge in [0.25, 0.3) is 0 Å². The van der Waals surface area contributed by atoms with Crippen LogP contribution in [0.3, 0.4) is 0 Å². The number of anilines is 1. The maximum atomic E-state index is 12.9. The molecule has 1 aromatic carbocycles. The summed E-state index contributed by atoms with van der Waals surface area (Å²) in [7, 11) is -3.51. The molecule has 1 saturated heterocycles. The lowest BCUT2D eigenvalue weighted by Crippen LogP contribution is -2.38. The van der Waals surface area contributed by atoms with E-state index in [4.69, 9.17) is 5.73 Å². The first-order valence-electron chi connectivity index (χ1n) is 8.05. The van der Waals surface area contributed by atoms with Gasteiger partial charge in [-0.25, -0.2) is 23.4 Å². The van der Waals surface area contributed by atoms with Gasteiger partial charge in [0.15, 0.2) is 11.5 Å². The smallest absolute Gasteiger partial charge is 0.243 e. The zero-order valence-corrected chi connectivity index (χ0v) is 14.3. The standard InChI is InChI=1S/C16H18N6O2S/c17-15-14-16(19-10-18-15)21(11-20-14)9-12-5-4-8-22(12)25(23,24)13-6-2-1-3-7-13/h1-3,6-7,10-12H,4-5,8-9H2,(H2,17,18,19)/t12-/m0/s1. The van der Waals surface area contributed by atoms with Crippen molar-refractivity contribution in [2.45, 2.75) is 30.3 Å². The Kier molecular flexibility index (Phi) is 3.89. The molecule has 1 aliphatic heterocycles. The van der Waals surface area contributed by atoms with Gasteiger partial charge in [-0.3, -0.25) is 0 Å². The fourth-order valence-electron chi connectivity index (χ4n) is 3.30. The van der Waals surface area contributed by atoms with E-state index < -0.39 is 10.0 Å². The van der Waals surface area contributed by atoms with Crippen LogP contribution in [0.2, 0.25) is 0 Å². The van der Waals surface area contributed by atoms with Crippen molar-refractivity contribution in [3.05, 3.63) is 43.0 Å². The number of aromatic nitrogens is 4. The van der Waals surface area contributed by atoms with E-state index in [0.717, 1.165) is 12.8 Å². The molecule has 0 unspecified atom stereocenters. The predicted molar refractivity (Wildman–Crippen MR) is 93.1 cm³/mol. The summed E-state index contributed by atoms with van der Waals surface area (Å²) < 4.78 is 29.3. The lowest BCUT2D eigenvalue weighted by Gasteiger charge is -2.24. The maximum absolute atomic E-state index is 12.9. The molecule has 4 rings (SSSR count). The quantitative estimate of drug-likeness (QED) is 0.752. The summed E-state index contributed by atoms with van der Waals surface area (Å²) in [6, 6.07) is 8.40. The van der Waals surface area contributed by atoms with E-state index in [1.165, 1.54) is 6.33 Å². The number of nitrogens with two attached hydrogens (primary N) is 1. The van der Waals surface area contributed by atoms with Gasteiger partial charge in [-0.1, -0.05) is 18.2 Å². The van der Waals surface area contributed by atoms with Crippen molar-refractivity contribution < 1.29 is 8.42 Å². The van der Waals surface area contributed by atoms with Gasteiger partial charge >= 0.3 is 0 Å². The molecule has 2 N–H and O–H groups in total. The molecule has 0 spiro atoms. The van der Waals surface area contributed by atoms with Crippen LogP contribution in [0.5, 0.6) is 0 Å². The average molecular weight is 358 g/mol. The monoisotopic (exact) mass is 358 g/mol. The summed E-state index contributed by atoms with van der Waals surface area (Å²) >= 11 is 0. The van der Waals surface area contributed by atoms with Gasteiger partial charge in [0, 0.05) is 19.1 Å². The number of imidazole rings is 1. The summed E-state index contributed by atoms with van der Waals surface area (Å²) in [5.41, 5.74) is 6.98. The van der Waals surface area contributed by atoms with Crippen LogP contribution in [-0.4, -0.2) is 44.8 Å². The number of nitrogens with zero attached hydrogens (tertiary/aromatic N) is 5. The molecule has 0 saturated carbocycles. The Balaban J connectivity index is 1.65. The lowest BCUT2D eigenvalue weighted by molar-refractivity contribution is 0.354. The van der Waals surface area contributed by atoms with Gasteiger partial charge in [0.05, 0.1) is 11.2 Å². The zero-order chi connectivity index (χ0) is 17.4. The molecule has 3 heterocycles. The highest BCUT2D eigenvalue weighted by Crippen LogP contribution is 2.27. The highest BCUT2D eigenvalue weighted by molar-refractivity contribution is 7.89. The molecule has 25 heavy (non-hydrogen) atoms. The van der Waals surface area contributed by atoms with Gasteiger partial charge in [-0.15, -0.1) is 0 Å². The second-order valence-electron chi connectivity index (χ2n) is 6.05. The van der Waals surface area contributed by atoms with Gasteiger partial charge < -0.3 is 10.3 Å². The highest BCUT2D eigenvalue weighted by atomic mass is 32.2. The molecule has 1 aliphatic rings. The minimum atomic E-state index is -3.51. The summed E-state index contributed by atoms with van der Waals surface area (Å²) in [6.45, 7) is 1.00. The molecule has 1 fully saturated rings. The van der Waals surface area contributed by atoms with Crippen LogP contribution in [0, 0.1) is 0 Å². The number of hydrogen-bond donors (Lipinski definition) is 1. The Hall–Kier alpha value is -2.52. The fraction of sp³-hybridized carbons (Fsp3) is 0.312. The fourth-order valence-corrected chi connectivity index (χ4v) is 5.00. The highest BCUT2D eigenvalue weighted by Gasteiger charge is 2.35. The molecule has 0 radical (unpaired) electrons. The van der Waals surface area contributed by atoms with E-state index >= 15 is 0 Å². The lowest BCUT2D eigenvalue weighted by atomic mass is 10.2. The molecule has 9 heteroatoms. The van der Waals surface area contributed by atoms with Gasteiger partial charge in [0.2, 0.25) is 10.0 Å². The molecule has 130 valence electrons. The van der Waals surface area contributed by atoms with Crippen LogP contribution >= 0.6 is 0 Å². The van der Waals surface area contributed by atoms with Crippen LogP contribution in [-0.2, 0) is 16.6 Å². The minimum absolute atomic E-state index is 0.140. The first-order chi connectivity index (χ1) is 12.1. The third kappa shape index (κ3) is 2.75. The van der Waals surface area contributed by atoms with Crippen LogP contribution in [0.4, 0.5) is 5.82 Å². The van der Waals surface area contributed by atoms with Crippen molar-refractivity contribution in [1.29, 1.82) is 0 Å². The van der Waals surface area contributed by atoms with Crippen molar-refractivity contribution in [3.63, 3.8) is 0 Å². The summed E-state index contributed by atoms with van der Waals surface area (Å²) in [5.74, 6) is 0.323. The molecule has 0 aliphatic carbocycles. The zero-order valence-electron chi connectivity index (χ0n) is 13.5. The van der Waals surface area contributed by atoms with E-state index in [2.05, 4.69) is 15.0 Å². The Bertz CT molecular complexity index is 1000. The van der Waals surface area contributed by atoms with Gasteiger partial charge in [-0.2, -0.15) is 4.31 Å². The molecule has 0 amide bonds. The summed E-state index contributed by atoms with van der Waals surface area (Å²) in [5, 5.41) is 0. The number of hydrogen-bond acceptors (Lipinski definition) is 6. The maximum Gasteiger partial charge on any atom is 0.243 e. The topological polar surface area (TPSA) is 107 Å². The first kappa shape index (κ1) is 16.0. The van der Waals surface area contributed by atoms with E-state index in [-0.39, 0.29) is 6.04 Å². The molecular weight excluding hydrogens is 340 g/mol. The average Bonchev–Trinajstić information content (AvgIpc) is 3.25. The molecule has 1 atom stereocenters. The summed E-state index contributed by atoms with van der Waals surface area (Å²) in [4.78, 5) is 12.7. The van der Waals surface area contributed by atoms with Crippen LogP contribution in [0.1, 0.15) is 12.8 Å². The van der Waals surface area contributed by atoms with E-state index in [9.17, 15) is 8.42 Å². The Morgan fingerprint density at radius 2 is 1.96 bits per heavy atom. The van der Waals surface area contributed by atoms with Gasteiger partial charge in [-0.05, 0) is 25.0 Å². The minimum Gasteiger partial charge on any atom is -0.382 e. The molecule has 8 nitrogen and oxygen atoms in total. The molecular formula is C16H18N6O2S. The van der Waals surface area contributed by atoms with Crippen LogP contribution in [0.15, 0.2) is 47.9 Å². The number of rotatable bonds is 4. The summed E-state index contributed by atoms with van der Waals surface area (Å²) in [6.07, 6.45) is 4.66. The van der Waals surface area contributed by atoms with Crippen LogP contribution in [0.25, 0.3) is 11.2 Å². The van der Waals surface area contributed by atoms with Crippen molar-refractivity contribution >= 4 is 27.0 Å². The Morgan fingerprint density at radius 1 is 1.16 bits per heavy atom. The third-order valence-electron chi connectivity index (χ3n) is 4.51. The first-order valence-corrected chi connectivity index (χ1v) is 9.49. The van der Waals surface area contributed by atoms with Crippen LogP contribution < -0.4 is 5.73 Å². The number of sulfonamides is 1. The van der Waals surface area contributed by atoms with E-state index in [0.29, 0.717) is 35.0 Å². The molecule has 3 aromatic rings. The normalized spacial score (nSPS) is 18.8. The number of nitrogen functional groups attached to an aromatic ring is 1. The Labute approximate surface area is 145 Å². The second kappa shape index (κ2) is 6.08. The SMILES string of the molecule is Nc1ncnc2c1ncn2C[C@@H]1CCCN1S(=O)(=O)c1ccccc1. The Morgan fingerprint density at radius 3 is 2.76 bits per heavy atom.